The average molecular weight is 295 g/mol. The molecule has 0 radical (unpaired) electrons. The summed E-state index contributed by atoms with van der Waals surface area (Å²) in [5.41, 5.74) is -0.284. The molecule has 0 spiro atoms. The number of aryl methyl sites for hydroxylation is 1. The van der Waals surface area contributed by atoms with E-state index in [0.717, 1.165) is 12.8 Å². The van der Waals surface area contributed by atoms with Crippen molar-refractivity contribution in [3.8, 4) is 0 Å². The van der Waals surface area contributed by atoms with Crippen LogP contribution in [0.3, 0.4) is 0 Å². The minimum Gasteiger partial charge on any atom is -0.380 e. The molecular formula is C14H21N3O4. The van der Waals surface area contributed by atoms with E-state index in [0.29, 0.717) is 31.0 Å². The minimum atomic E-state index is -0.552. The molecule has 2 heterocycles. The third kappa shape index (κ3) is 3.60. The SMILES string of the molecule is CCOC[C@H]1CCCN1C(=O)Cc1c(C)[nH]c(=O)[nH]c1=O. The Morgan fingerprint density at radius 3 is 2.81 bits per heavy atom. The van der Waals surface area contributed by atoms with Gasteiger partial charge in [-0.3, -0.25) is 14.6 Å². The minimum absolute atomic E-state index is 0.000567. The van der Waals surface area contributed by atoms with Gasteiger partial charge in [0.25, 0.3) is 5.56 Å². The first-order valence-electron chi connectivity index (χ1n) is 7.22. The van der Waals surface area contributed by atoms with Crippen LogP contribution >= 0.6 is 0 Å². The van der Waals surface area contributed by atoms with Crippen LogP contribution < -0.4 is 11.2 Å². The summed E-state index contributed by atoms with van der Waals surface area (Å²) < 4.78 is 5.40. The molecule has 1 aromatic heterocycles. The highest BCUT2D eigenvalue weighted by atomic mass is 16.5. The van der Waals surface area contributed by atoms with Gasteiger partial charge in [0.05, 0.1) is 19.1 Å². The van der Waals surface area contributed by atoms with Crippen LogP contribution in [0.1, 0.15) is 31.0 Å². The van der Waals surface area contributed by atoms with Gasteiger partial charge in [-0.15, -0.1) is 0 Å². The molecule has 0 unspecified atom stereocenters. The van der Waals surface area contributed by atoms with E-state index >= 15 is 0 Å². The van der Waals surface area contributed by atoms with Gasteiger partial charge in [0.2, 0.25) is 5.91 Å². The van der Waals surface area contributed by atoms with Gasteiger partial charge in [-0.05, 0) is 26.7 Å². The monoisotopic (exact) mass is 295 g/mol. The molecule has 1 fully saturated rings. The van der Waals surface area contributed by atoms with Gasteiger partial charge in [-0.25, -0.2) is 4.79 Å². The van der Waals surface area contributed by atoms with Crippen LogP contribution in [0.4, 0.5) is 0 Å². The normalized spacial score (nSPS) is 18.2. The zero-order chi connectivity index (χ0) is 15.4. The summed E-state index contributed by atoms with van der Waals surface area (Å²) >= 11 is 0. The standard InChI is InChI=1S/C14H21N3O4/c1-3-21-8-10-5-4-6-17(10)12(18)7-11-9(2)15-14(20)16-13(11)19/h10H,3-8H2,1-2H3,(H2,15,16,19,20)/t10-/m1/s1. The van der Waals surface area contributed by atoms with Crippen molar-refractivity contribution in [2.75, 3.05) is 19.8 Å². The van der Waals surface area contributed by atoms with E-state index in [9.17, 15) is 14.4 Å². The van der Waals surface area contributed by atoms with E-state index in [1.165, 1.54) is 0 Å². The van der Waals surface area contributed by atoms with Crippen molar-refractivity contribution in [1.29, 1.82) is 0 Å². The summed E-state index contributed by atoms with van der Waals surface area (Å²) in [7, 11) is 0. The molecule has 0 bridgehead atoms. The third-order valence-corrected chi connectivity index (χ3v) is 3.79. The summed E-state index contributed by atoms with van der Waals surface area (Å²) in [4.78, 5) is 41.8. The summed E-state index contributed by atoms with van der Waals surface area (Å²) in [6.07, 6.45) is 1.87. The van der Waals surface area contributed by atoms with Crippen LogP contribution in [0.15, 0.2) is 9.59 Å². The van der Waals surface area contributed by atoms with Crippen molar-refractivity contribution >= 4 is 5.91 Å². The van der Waals surface area contributed by atoms with Crippen LogP contribution in [0.2, 0.25) is 0 Å². The summed E-state index contributed by atoms with van der Waals surface area (Å²) in [6, 6.07) is 0.0830. The van der Waals surface area contributed by atoms with E-state index in [1.54, 1.807) is 11.8 Å². The Morgan fingerprint density at radius 2 is 2.14 bits per heavy atom. The number of H-pyrrole nitrogens is 2. The molecule has 0 aliphatic carbocycles. The van der Waals surface area contributed by atoms with Gasteiger partial charge in [0.1, 0.15) is 0 Å². The first-order valence-corrected chi connectivity index (χ1v) is 7.22. The van der Waals surface area contributed by atoms with Crippen molar-refractivity contribution in [1.82, 2.24) is 14.9 Å². The molecule has 2 rings (SSSR count). The lowest BCUT2D eigenvalue weighted by molar-refractivity contribution is -0.132. The Kier molecular flexibility index (Phi) is 4.95. The lowest BCUT2D eigenvalue weighted by Crippen LogP contribution is -2.40. The molecule has 1 aromatic rings. The average Bonchev–Trinajstić information content (AvgIpc) is 2.88. The molecule has 0 saturated carbocycles. The molecule has 7 heteroatoms. The smallest absolute Gasteiger partial charge is 0.325 e. The molecule has 116 valence electrons. The number of carbonyl (C=O) groups is 1. The topological polar surface area (TPSA) is 95.3 Å². The second kappa shape index (κ2) is 6.71. The van der Waals surface area contributed by atoms with Crippen LogP contribution in [0.25, 0.3) is 0 Å². The summed E-state index contributed by atoms with van der Waals surface area (Å²) in [6.45, 7) is 5.39. The fraction of sp³-hybridized carbons (Fsp3) is 0.643. The highest BCUT2D eigenvalue weighted by molar-refractivity contribution is 5.79. The fourth-order valence-electron chi connectivity index (χ4n) is 2.68. The molecule has 1 amide bonds. The van der Waals surface area contributed by atoms with Crippen LogP contribution in [-0.2, 0) is 16.0 Å². The summed E-state index contributed by atoms with van der Waals surface area (Å²) in [5, 5.41) is 0. The number of ether oxygens (including phenoxy) is 1. The molecular weight excluding hydrogens is 274 g/mol. The maximum atomic E-state index is 12.4. The van der Waals surface area contributed by atoms with Crippen molar-refractivity contribution in [3.63, 3.8) is 0 Å². The number of nitrogens with zero attached hydrogens (tertiary/aromatic N) is 1. The Hall–Kier alpha value is -1.89. The predicted octanol–water partition coefficient (Wildman–Crippen LogP) is -0.0584. The van der Waals surface area contributed by atoms with Crippen LogP contribution in [0, 0.1) is 6.92 Å². The number of carbonyl (C=O) groups excluding carboxylic acids is 1. The lowest BCUT2D eigenvalue weighted by Gasteiger charge is -2.24. The molecule has 1 saturated heterocycles. The molecule has 1 aliphatic rings. The van der Waals surface area contributed by atoms with Gasteiger partial charge in [-0.1, -0.05) is 0 Å². The summed E-state index contributed by atoms with van der Waals surface area (Å²) in [5.74, 6) is -0.0992. The Morgan fingerprint density at radius 1 is 1.38 bits per heavy atom. The second-order valence-corrected chi connectivity index (χ2v) is 5.23. The van der Waals surface area contributed by atoms with E-state index in [4.69, 9.17) is 4.74 Å². The zero-order valence-electron chi connectivity index (χ0n) is 12.4. The maximum Gasteiger partial charge on any atom is 0.325 e. The lowest BCUT2D eigenvalue weighted by atomic mass is 10.1. The van der Waals surface area contributed by atoms with Crippen LogP contribution in [-0.4, -0.2) is 46.6 Å². The number of likely N-dealkylation sites (tertiary alicyclic amines) is 1. The van der Waals surface area contributed by atoms with Gasteiger partial charge >= 0.3 is 5.69 Å². The first kappa shape index (κ1) is 15.5. The Balaban J connectivity index is 2.11. The number of nitrogens with one attached hydrogen (secondary N) is 2. The molecule has 21 heavy (non-hydrogen) atoms. The Bertz CT molecular complexity index is 619. The van der Waals surface area contributed by atoms with Crippen molar-refractivity contribution < 1.29 is 9.53 Å². The predicted molar refractivity (Wildman–Crippen MR) is 77.4 cm³/mol. The molecule has 0 aromatic carbocycles. The highest BCUT2D eigenvalue weighted by Gasteiger charge is 2.29. The number of amides is 1. The van der Waals surface area contributed by atoms with E-state index < -0.39 is 11.2 Å². The van der Waals surface area contributed by atoms with Crippen molar-refractivity contribution in [2.45, 2.75) is 39.2 Å². The first-order chi connectivity index (χ1) is 10.0. The van der Waals surface area contributed by atoms with E-state index in [-0.39, 0.29) is 18.4 Å². The number of aromatic amines is 2. The van der Waals surface area contributed by atoms with E-state index in [2.05, 4.69) is 9.97 Å². The number of rotatable bonds is 5. The van der Waals surface area contributed by atoms with Crippen molar-refractivity contribution in [2.24, 2.45) is 0 Å². The Labute approximate surface area is 122 Å². The maximum absolute atomic E-state index is 12.4. The molecule has 7 nitrogen and oxygen atoms in total. The largest absolute Gasteiger partial charge is 0.380 e. The van der Waals surface area contributed by atoms with Crippen molar-refractivity contribution in [3.05, 3.63) is 32.1 Å². The van der Waals surface area contributed by atoms with Gasteiger partial charge in [0, 0.05) is 24.4 Å². The quantitative estimate of drug-likeness (QED) is 0.795. The van der Waals surface area contributed by atoms with Gasteiger partial charge in [0.15, 0.2) is 0 Å². The number of hydrogen-bond acceptors (Lipinski definition) is 4. The molecule has 1 atom stereocenters. The number of hydrogen-bond donors (Lipinski definition) is 2. The van der Waals surface area contributed by atoms with Crippen LogP contribution in [0.5, 0.6) is 0 Å². The fourth-order valence-corrected chi connectivity index (χ4v) is 2.68. The molecule has 1 aliphatic heterocycles. The second-order valence-electron chi connectivity index (χ2n) is 5.23. The third-order valence-electron chi connectivity index (χ3n) is 3.79. The number of aromatic nitrogens is 2. The zero-order valence-corrected chi connectivity index (χ0v) is 12.4. The highest BCUT2D eigenvalue weighted by Crippen LogP contribution is 2.18. The van der Waals surface area contributed by atoms with Gasteiger partial charge in [-0.2, -0.15) is 0 Å². The molecule has 2 N–H and O–H groups in total. The van der Waals surface area contributed by atoms with E-state index in [1.807, 2.05) is 6.92 Å². The van der Waals surface area contributed by atoms with Gasteiger partial charge < -0.3 is 14.6 Å².